The van der Waals surface area contributed by atoms with Crippen molar-refractivity contribution >= 4 is 34.3 Å². The number of hydrogen-bond acceptors (Lipinski definition) is 2. The minimum Gasteiger partial charge on any atom is -0.337 e. The average Bonchev–Trinajstić information content (AvgIpc) is 3.20. The second-order valence-electron chi connectivity index (χ2n) is 7.35. The quantitative estimate of drug-likeness (QED) is 0.410. The number of rotatable bonds is 3. The second kappa shape index (κ2) is 7.27. The lowest BCUT2D eigenvalue weighted by Gasteiger charge is -2.10. The summed E-state index contributed by atoms with van der Waals surface area (Å²) in [6.45, 7) is 8.22. The molecule has 0 saturated carbocycles. The molecule has 0 unspecified atom stereocenters. The van der Waals surface area contributed by atoms with Gasteiger partial charge in [0.2, 0.25) is 0 Å². The molecule has 2 aromatic carbocycles. The molecular weight excluding hydrogens is 380 g/mol. The third-order valence-corrected chi connectivity index (χ3v) is 5.54. The highest BCUT2D eigenvalue weighted by atomic mass is 35.5. The van der Waals surface area contributed by atoms with Crippen LogP contribution in [0.25, 0.3) is 28.4 Å². The minimum atomic E-state index is 0.503. The van der Waals surface area contributed by atoms with Crippen molar-refractivity contribution < 1.29 is 0 Å². The average molecular weight is 401 g/mol. The molecule has 0 fully saturated rings. The molecule has 0 spiro atoms. The number of nitrogens with one attached hydrogen (secondary N) is 1. The van der Waals surface area contributed by atoms with Crippen LogP contribution in [0.2, 0.25) is 5.02 Å². The summed E-state index contributed by atoms with van der Waals surface area (Å²) in [5.41, 5.74) is 8.78. The number of H-pyrrole nitrogens is 1. The maximum Gasteiger partial charge on any atom is 0.149 e. The van der Waals surface area contributed by atoms with E-state index in [1.165, 1.54) is 11.1 Å². The predicted molar refractivity (Wildman–Crippen MR) is 119 cm³/mol. The van der Waals surface area contributed by atoms with Crippen LogP contribution in [0.3, 0.4) is 0 Å². The molecule has 144 valence electrons. The fraction of sp³-hybridized carbons (Fsp3) is 0.167. The Balaban J connectivity index is 1.81. The van der Waals surface area contributed by atoms with Gasteiger partial charge in [0.05, 0.1) is 16.6 Å². The maximum absolute atomic E-state index is 9.79. The Bertz CT molecular complexity index is 1280. The van der Waals surface area contributed by atoms with Gasteiger partial charge in [0.15, 0.2) is 0 Å². The van der Waals surface area contributed by atoms with E-state index in [9.17, 15) is 5.26 Å². The molecular formula is C24H21ClN4. The zero-order valence-corrected chi connectivity index (χ0v) is 17.6. The number of fused-ring (bicyclic) bond motifs is 1. The number of benzene rings is 2. The van der Waals surface area contributed by atoms with Crippen molar-refractivity contribution in [3.63, 3.8) is 0 Å². The van der Waals surface area contributed by atoms with Crippen molar-refractivity contribution in [3.05, 3.63) is 81.4 Å². The Labute approximate surface area is 175 Å². The fourth-order valence-electron chi connectivity index (χ4n) is 3.65. The number of aromatic amines is 1. The number of imidazole rings is 1. The number of aryl methyl sites for hydroxylation is 3. The summed E-state index contributed by atoms with van der Waals surface area (Å²) >= 11 is 6.17. The van der Waals surface area contributed by atoms with E-state index in [-0.39, 0.29) is 0 Å². The smallest absolute Gasteiger partial charge is 0.149 e. The van der Waals surface area contributed by atoms with Gasteiger partial charge in [-0.3, -0.25) is 0 Å². The molecule has 0 aliphatic carbocycles. The van der Waals surface area contributed by atoms with Gasteiger partial charge in [-0.05, 0) is 86.9 Å². The van der Waals surface area contributed by atoms with Crippen LogP contribution in [-0.2, 0) is 0 Å². The first-order valence-corrected chi connectivity index (χ1v) is 9.79. The van der Waals surface area contributed by atoms with Gasteiger partial charge in [0.25, 0.3) is 0 Å². The van der Waals surface area contributed by atoms with Crippen LogP contribution in [0.15, 0.2) is 42.5 Å². The Kier molecular flexibility index (Phi) is 4.77. The van der Waals surface area contributed by atoms with E-state index in [2.05, 4.69) is 46.6 Å². The Morgan fingerprint density at radius 3 is 2.59 bits per heavy atom. The zero-order valence-electron chi connectivity index (χ0n) is 16.8. The normalized spacial score (nSPS) is 11.8. The van der Waals surface area contributed by atoms with Crippen molar-refractivity contribution in [2.24, 2.45) is 0 Å². The van der Waals surface area contributed by atoms with Crippen LogP contribution in [-0.4, -0.2) is 14.5 Å². The van der Waals surface area contributed by atoms with Gasteiger partial charge in [-0.15, -0.1) is 0 Å². The van der Waals surface area contributed by atoms with Crippen LogP contribution in [0, 0.1) is 39.0 Å². The third-order valence-electron chi connectivity index (χ3n) is 5.31. The van der Waals surface area contributed by atoms with Crippen molar-refractivity contribution in [3.8, 4) is 11.8 Å². The molecule has 2 aromatic heterocycles. The molecule has 29 heavy (non-hydrogen) atoms. The third kappa shape index (κ3) is 3.46. The Morgan fingerprint density at radius 1 is 1.10 bits per heavy atom. The molecule has 0 bridgehead atoms. The van der Waals surface area contributed by atoms with Gasteiger partial charge in [-0.2, -0.15) is 5.26 Å². The lowest BCUT2D eigenvalue weighted by Crippen LogP contribution is -1.98. The van der Waals surface area contributed by atoms with E-state index >= 15 is 0 Å². The first kappa shape index (κ1) is 19.0. The summed E-state index contributed by atoms with van der Waals surface area (Å²) in [4.78, 5) is 7.93. The molecule has 0 radical (unpaired) electrons. The van der Waals surface area contributed by atoms with Gasteiger partial charge in [-0.1, -0.05) is 17.7 Å². The molecule has 4 rings (SSSR count). The summed E-state index contributed by atoms with van der Waals surface area (Å²) in [7, 11) is 0. The topological polar surface area (TPSA) is 57.4 Å². The first-order valence-electron chi connectivity index (χ1n) is 9.41. The molecule has 1 N–H and O–H groups in total. The Hall–Kier alpha value is -3.29. The summed E-state index contributed by atoms with van der Waals surface area (Å²) < 4.78 is 2.14. The van der Waals surface area contributed by atoms with Gasteiger partial charge >= 0.3 is 0 Å². The van der Waals surface area contributed by atoms with Crippen molar-refractivity contribution in [1.82, 2.24) is 14.5 Å². The van der Waals surface area contributed by atoms with Crippen molar-refractivity contribution in [2.75, 3.05) is 0 Å². The van der Waals surface area contributed by atoms with Crippen LogP contribution < -0.4 is 0 Å². The van der Waals surface area contributed by atoms with E-state index < -0.39 is 0 Å². The molecule has 0 aliphatic heterocycles. The number of nitrogens with zero attached hydrogens (tertiary/aromatic N) is 3. The molecule has 4 aromatic rings. The standard InChI is InChI=1S/C24H21ClN4/c1-14-8-22-23(9-15(14)2)28-24(27-22)19(13-26)11-18-10-16(3)29(17(18)4)21-7-5-6-20(25)12-21/h5-12H,1-4H3,(H,27,28)/b19-11-. The molecule has 4 nitrogen and oxygen atoms in total. The minimum absolute atomic E-state index is 0.503. The lowest BCUT2D eigenvalue weighted by molar-refractivity contribution is 0.965. The molecule has 2 heterocycles. The summed E-state index contributed by atoms with van der Waals surface area (Å²) in [6.07, 6.45) is 1.89. The number of hydrogen-bond donors (Lipinski definition) is 1. The zero-order chi connectivity index (χ0) is 20.7. The first-order chi connectivity index (χ1) is 13.9. The monoisotopic (exact) mass is 400 g/mol. The van der Waals surface area contributed by atoms with E-state index in [0.29, 0.717) is 16.4 Å². The van der Waals surface area contributed by atoms with Crippen LogP contribution in [0.4, 0.5) is 0 Å². The second-order valence-corrected chi connectivity index (χ2v) is 7.79. The van der Waals surface area contributed by atoms with E-state index in [4.69, 9.17) is 11.6 Å². The van der Waals surface area contributed by atoms with Crippen LogP contribution in [0.5, 0.6) is 0 Å². The van der Waals surface area contributed by atoms with Gasteiger partial charge < -0.3 is 9.55 Å². The van der Waals surface area contributed by atoms with Gasteiger partial charge in [0, 0.05) is 22.1 Å². The molecule has 5 heteroatoms. The van der Waals surface area contributed by atoms with E-state index in [1.807, 2.05) is 50.3 Å². The predicted octanol–water partition coefficient (Wildman–Crippen LogP) is 6.30. The summed E-state index contributed by atoms with van der Waals surface area (Å²) in [6, 6.07) is 16.2. The SMILES string of the molecule is Cc1cc2nc(/C(C#N)=C\c3cc(C)n(-c4cccc(Cl)c4)c3C)[nH]c2cc1C. The van der Waals surface area contributed by atoms with E-state index in [0.717, 1.165) is 33.7 Å². The van der Waals surface area contributed by atoms with Gasteiger partial charge in [-0.25, -0.2) is 4.98 Å². The molecule has 0 amide bonds. The number of aromatic nitrogens is 3. The molecule has 0 atom stereocenters. The number of halogens is 1. The van der Waals surface area contributed by atoms with Crippen LogP contribution in [0.1, 0.15) is 33.9 Å². The summed E-state index contributed by atoms with van der Waals surface area (Å²) in [5.74, 6) is 0.583. The number of nitriles is 1. The highest BCUT2D eigenvalue weighted by molar-refractivity contribution is 6.30. The molecule has 0 saturated heterocycles. The van der Waals surface area contributed by atoms with Crippen LogP contribution >= 0.6 is 11.6 Å². The summed E-state index contributed by atoms with van der Waals surface area (Å²) in [5, 5.41) is 10.5. The maximum atomic E-state index is 9.79. The van der Waals surface area contributed by atoms with Crippen molar-refractivity contribution in [1.29, 1.82) is 5.26 Å². The van der Waals surface area contributed by atoms with Gasteiger partial charge in [0.1, 0.15) is 11.9 Å². The highest BCUT2D eigenvalue weighted by Crippen LogP contribution is 2.27. The van der Waals surface area contributed by atoms with Crippen molar-refractivity contribution in [2.45, 2.75) is 27.7 Å². The number of allylic oxidation sites excluding steroid dienone is 1. The largest absolute Gasteiger partial charge is 0.337 e. The van der Waals surface area contributed by atoms with E-state index in [1.54, 1.807) is 0 Å². The fourth-order valence-corrected chi connectivity index (χ4v) is 3.84. The molecule has 0 aliphatic rings. The lowest BCUT2D eigenvalue weighted by atomic mass is 10.1. The Morgan fingerprint density at radius 2 is 1.86 bits per heavy atom. The highest BCUT2D eigenvalue weighted by Gasteiger charge is 2.13.